The van der Waals surface area contributed by atoms with Gasteiger partial charge < -0.3 is 25.0 Å². The second-order valence-corrected chi connectivity index (χ2v) is 10.8. The van der Waals surface area contributed by atoms with Crippen molar-refractivity contribution in [1.82, 2.24) is 14.9 Å². The zero-order chi connectivity index (χ0) is 27.8. The summed E-state index contributed by atoms with van der Waals surface area (Å²) < 4.78 is 43.7. The van der Waals surface area contributed by atoms with E-state index < -0.39 is 24.3 Å². The number of anilines is 2. The number of hydrogen-bond donors (Lipinski definition) is 3. The average Bonchev–Trinajstić information content (AvgIpc) is 3.15. The summed E-state index contributed by atoms with van der Waals surface area (Å²) in [6.45, 7) is 8.05. The number of amides is 1. The molecule has 1 aromatic heterocycles. The standard InChI is InChI=1S/C27H31F3N4O4/c1-15-11-19(14-26(3,4)13-15)34-22-10-5-17(23(35)31-16(2)24(36)37)12-21(22)33-25(34)32-18-6-8-20(9-7-18)38-27(28,29)30/h5-10,12,15-16,19H,11,13-14H2,1-4H3,(H,31,35)(H,32,33)(H,36,37)/t15-,16-,19+/m1/s1. The molecule has 3 aromatic rings. The third-order valence-corrected chi connectivity index (χ3v) is 6.74. The molecule has 1 fully saturated rings. The van der Waals surface area contributed by atoms with Crippen LogP contribution in [0.15, 0.2) is 42.5 Å². The van der Waals surface area contributed by atoms with Gasteiger partial charge in [0.15, 0.2) is 0 Å². The zero-order valence-electron chi connectivity index (χ0n) is 21.6. The molecule has 8 nitrogen and oxygen atoms in total. The number of nitrogens with zero attached hydrogens (tertiary/aromatic N) is 2. The highest BCUT2D eigenvalue weighted by Crippen LogP contribution is 2.46. The quantitative estimate of drug-likeness (QED) is 0.331. The molecule has 0 bridgehead atoms. The maximum Gasteiger partial charge on any atom is 0.573 e. The summed E-state index contributed by atoms with van der Waals surface area (Å²) in [7, 11) is 0. The number of imidazole rings is 1. The van der Waals surface area contributed by atoms with Gasteiger partial charge in [-0.25, -0.2) is 4.98 Å². The molecule has 3 atom stereocenters. The number of rotatable bonds is 7. The Hall–Kier alpha value is -3.76. The lowest BCUT2D eigenvalue weighted by Gasteiger charge is -2.40. The molecule has 0 saturated heterocycles. The monoisotopic (exact) mass is 532 g/mol. The molecular weight excluding hydrogens is 501 g/mol. The zero-order valence-corrected chi connectivity index (χ0v) is 21.6. The fourth-order valence-corrected chi connectivity index (χ4v) is 5.40. The van der Waals surface area contributed by atoms with E-state index in [2.05, 4.69) is 40.7 Å². The molecule has 2 aromatic carbocycles. The third kappa shape index (κ3) is 6.38. The molecule has 11 heteroatoms. The number of ether oxygens (including phenoxy) is 1. The van der Waals surface area contributed by atoms with Gasteiger partial charge >= 0.3 is 12.3 Å². The Balaban J connectivity index is 1.71. The van der Waals surface area contributed by atoms with Crippen molar-refractivity contribution in [3.63, 3.8) is 0 Å². The van der Waals surface area contributed by atoms with Crippen LogP contribution in [0.5, 0.6) is 5.75 Å². The minimum atomic E-state index is -4.78. The maximum absolute atomic E-state index is 12.6. The second kappa shape index (κ2) is 10.2. The lowest BCUT2D eigenvalue weighted by Crippen LogP contribution is -2.38. The van der Waals surface area contributed by atoms with Crippen LogP contribution in [-0.2, 0) is 4.79 Å². The Kier molecular flexibility index (Phi) is 7.31. The summed E-state index contributed by atoms with van der Waals surface area (Å²) in [6.07, 6.45) is -1.88. The number of carboxylic acid groups (broad SMARTS) is 1. The van der Waals surface area contributed by atoms with Crippen LogP contribution >= 0.6 is 0 Å². The summed E-state index contributed by atoms with van der Waals surface area (Å²) in [5.74, 6) is -1.04. The molecular formula is C27H31F3N4O4. The van der Waals surface area contributed by atoms with E-state index in [1.54, 1.807) is 18.2 Å². The van der Waals surface area contributed by atoms with Crippen molar-refractivity contribution in [2.75, 3.05) is 5.32 Å². The second-order valence-electron chi connectivity index (χ2n) is 10.8. The number of fused-ring (bicyclic) bond motifs is 1. The van der Waals surface area contributed by atoms with Crippen LogP contribution in [0, 0.1) is 11.3 Å². The largest absolute Gasteiger partial charge is 0.573 e. The first kappa shape index (κ1) is 27.3. The molecule has 0 radical (unpaired) electrons. The van der Waals surface area contributed by atoms with Gasteiger partial charge in [-0.2, -0.15) is 0 Å². The molecule has 0 aliphatic heterocycles. The Morgan fingerprint density at radius 3 is 2.45 bits per heavy atom. The SMILES string of the molecule is C[C@@H]1C[C@H](n2c(Nc3ccc(OC(F)(F)F)cc3)nc3cc(C(=O)N[C@H](C)C(=O)O)ccc32)CC(C)(C)C1. The number of aromatic nitrogens is 2. The van der Waals surface area contributed by atoms with Gasteiger partial charge in [0.2, 0.25) is 5.95 Å². The van der Waals surface area contributed by atoms with Crippen molar-refractivity contribution in [2.24, 2.45) is 11.3 Å². The van der Waals surface area contributed by atoms with Gasteiger partial charge in [-0.3, -0.25) is 9.59 Å². The topological polar surface area (TPSA) is 105 Å². The molecule has 4 rings (SSSR count). The van der Waals surface area contributed by atoms with Gasteiger partial charge in [0, 0.05) is 17.3 Å². The van der Waals surface area contributed by atoms with Crippen LogP contribution in [0.25, 0.3) is 11.0 Å². The Labute approximate surface area is 218 Å². The highest BCUT2D eigenvalue weighted by Gasteiger charge is 2.35. The fraction of sp³-hybridized carbons (Fsp3) is 0.444. The first-order valence-corrected chi connectivity index (χ1v) is 12.4. The van der Waals surface area contributed by atoms with Crippen molar-refractivity contribution in [1.29, 1.82) is 0 Å². The normalized spacial score (nSPS) is 20.1. The van der Waals surface area contributed by atoms with Gasteiger partial charge in [-0.15, -0.1) is 13.2 Å². The predicted octanol–water partition coefficient (Wildman–Crippen LogP) is 6.27. The van der Waals surface area contributed by atoms with Crippen LogP contribution in [-0.4, -0.2) is 38.9 Å². The molecule has 204 valence electrons. The Morgan fingerprint density at radius 2 is 1.84 bits per heavy atom. The molecule has 38 heavy (non-hydrogen) atoms. The van der Waals surface area contributed by atoms with Gasteiger partial charge in [0.05, 0.1) is 11.0 Å². The number of alkyl halides is 3. The van der Waals surface area contributed by atoms with Crippen molar-refractivity contribution in [3.05, 3.63) is 48.0 Å². The molecule has 1 aliphatic rings. The number of carbonyl (C=O) groups is 2. The Bertz CT molecular complexity index is 1330. The van der Waals surface area contributed by atoms with E-state index in [-0.39, 0.29) is 22.8 Å². The van der Waals surface area contributed by atoms with Gasteiger partial charge in [0.1, 0.15) is 11.8 Å². The van der Waals surface area contributed by atoms with Gasteiger partial charge in [0.25, 0.3) is 5.91 Å². The van der Waals surface area contributed by atoms with Crippen molar-refractivity contribution < 1.29 is 32.6 Å². The molecule has 1 amide bonds. The highest BCUT2D eigenvalue weighted by atomic mass is 19.4. The summed E-state index contributed by atoms with van der Waals surface area (Å²) in [5, 5.41) is 14.8. The maximum atomic E-state index is 12.6. The molecule has 1 saturated carbocycles. The minimum Gasteiger partial charge on any atom is -0.480 e. The molecule has 1 aliphatic carbocycles. The number of halogens is 3. The van der Waals surface area contributed by atoms with E-state index in [4.69, 9.17) is 10.1 Å². The summed E-state index contributed by atoms with van der Waals surface area (Å²) in [5.41, 5.74) is 2.22. The van der Waals surface area contributed by atoms with Crippen molar-refractivity contribution >= 4 is 34.5 Å². The summed E-state index contributed by atoms with van der Waals surface area (Å²) >= 11 is 0. The minimum absolute atomic E-state index is 0.0968. The lowest BCUT2D eigenvalue weighted by atomic mass is 9.70. The van der Waals surface area contributed by atoms with E-state index >= 15 is 0 Å². The number of nitrogens with one attached hydrogen (secondary N) is 2. The number of benzene rings is 2. The van der Waals surface area contributed by atoms with E-state index in [9.17, 15) is 22.8 Å². The van der Waals surface area contributed by atoms with E-state index in [0.29, 0.717) is 23.1 Å². The molecule has 0 spiro atoms. The first-order chi connectivity index (χ1) is 17.7. The lowest BCUT2D eigenvalue weighted by molar-refractivity contribution is -0.274. The average molecular weight is 533 g/mol. The summed E-state index contributed by atoms with van der Waals surface area (Å²) in [6, 6.07) is 9.48. The predicted molar refractivity (Wildman–Crippen MR) is 137 cm³/mol. The van der Waals surface area contributed by atoms with Crippen LogP contribution in [0.4, 0.5) is 24.8 Å². The van der Waals surface area contributed by atoms with Crippen molar-refractivity contribution in [3.8, 4) is 5.75 Å². The molecule has 3 N–H and O–H groups in total. The van der Waals surface area contributed by atoms with Crippen LogP contribution in [0.1, 0.15) is 63.4 Å². The molecule has 0 unspecified atom stereocenters. The van der Waals surface area contributed by atoms with E-state index in [0.717, 1.165) is 24.8 Å². The van der Waals surface area contributed by atoms with E-state index in [1.807, 2.05) is 0 Å². The smallest absolute Gasteiger partial charge is 0.480 e. The van der Waals surface area contributed by atoms with Gasteiger partial charge in [-0.1, -0.05) is 20.8 Å². The number of carbonyl (C=O) groups excluding carboxylic acids is 1. The first-order valence-electron chi connectivity index (χ1n) is 12.4. The summed E-state index contributed by atoms with van der Waals surface area (Å²) in [4.78, 5) is 28.5. The number of aliphatic carboxylic acids is 1. The number of hydrogen-bond acceptors (Lipinski definition) is 5. The third-order valence-electron chi connectivity index (χ3n) is 6.74. The van der Waals surface area contributed by atoms with E-state index in [1.165, 1.54) is 31.2 Å². The highest BCUT2D eigenvalue weighted by molar-refractivity contribution is 5.99. The fourth-order valence-electron chi connectivity index (χ4n) is 5.40. The number of carboxylic acids is 1. The van der Waals surface area contributed by atoms with Crippen LogP contribution in [0.3, 0.4) is 0 Å². The van der Waals surface area contributed by atoms with Crippen molar-refractivity contribution in [2.45, 2.75) is 65.4 Å². The van der Waals surface area contributed by atoms with Crippen LogP contribution in [0.2, 0.25) is 0 Å². The Morgan fingerprint density at radius 1 is 1.16 bits per heavy atom. The van der Waals surface area contributed by atoms with Crippen LogP contribution < -0.4 is 15.4 Å². The van der Waals surface area contributed by atoms with Gasteiger partial charge in [-0.05, 0) is 80.0 Å². The molecule has 1 heterocycles.